The molecule has 0 spiro atoms. The number of hydrogen-bond donors (Lipinski definition) is 3. The van der Waals surface area contributed by atoms with Gasteiger partial charge in [0.2, 0.25) is 0 Å². The zero-order valence-electron chi connectivity index (χ0n) is 15.5. The van der Waals surface area contributed by atoms with Crippen LogP contribution in [0.3, 0.4) is 0 Å². The molecule has 0 amide bonds. The third-order valence-corrected chi connectivity index (χ3v) is 4.83. The Morgan fingerprint density at radius 3 is 1.09 bits per heavy atom. The molecule has 3 heteroatoms. The van der Waals surface area contributed by atoms with Crippen molar-refractivity contribution >= 4 is 0 Å². The zero-order chi connectivity index (χ0) is 17.0. The lowest BCUT2D eigenvalue weighted by Gasteiger charge is -2.09. The Morgan fingerprint density at radius 1 is 0.478 bits per heavy atom. The lowest BCUT2D eigenvalue weighted by molar-refractivity contribution is 0.141. The molecular formula is C20H43NO2. The number of hydrogen-bond acceptors (Lipinski definition) is 3. The molecule has 0 aromatic heterocycles. The third kappa shape index (κ3) is 18.1. The van der Waals surface area contributed by atoms with Gasteiger partial charge in [-0.2, -0.15) is 0 Å². The second-order valence-corrected chi connectivity index (χ2v) is 7.11. The van der Waals surface area contributed by atoms with Gasteiger partial charge in [0.25, 0.3) is 0 Å². The van der Waals surface area contributed by atoms with Crippen molar-refractivity contribution in [1.82, 2.24) is 0 Å². The molecular weight excluding hydrogens is 286 g/mol. The average Bonchev–Trinajstić information content (AvgIpc) is 2.58. The van der Waals surface area contributed by atoms with Crippen LogP contribution in [-0.4, -0.2) is 30.0 Å². The zero-order valence-corrected chi connectivity index (χ0v) is 15.5. The van der Waals surface area contributed by atoms with Crippen molar-refractivity contribution in [2.24, 2.45) is 11.7 Å². The molecule has 0 saturated heterocycles. The van der Waals surface area contributed by atoms with Crippen LogP contribution in [0, 0.1) is 5.92 Å². The maximum Gasteiger partial charge on any atom is 0.0481 e. The molecule has 0 aromatic rings. The molecule has 0 fully saturated rings. The molecule has 4 N–H and O–H groups in total. The minimum atomic E-state index is 0.107. The van der Waals surface area contributed by atoms with E-state index in [4.69, 9.17) is 15.9 Å². The summed E-state index contributed by atoms with van der Waals surface area (Å²) in [6.45, 7) is 1.11. The molecule has 23 heavy (non-hydrogen) atoms. The quantitative estimate of drug-likeness (QED) is 0.299. The van der Waals surface area contributed by atoms with E-state index in [1.807, 2.05) is 0 Å². The van der Waals surface area contributed by atoms with E-state index in [2.05, 4.69) is 0 Å². The van der Waals surface area contributed by atoms with Gasteiger partial charge in [-0.25, -0.2) is 0 Å². The summed E-state index contributed by atoms with van der Waals surface area (Å²) in [5.74, 6) is 0.107. The smallest absolute Gasteiger partial charge is 0.0481 e. The predicted molar refractivity (Wildman–Crippen MR) is 101 cm³/mol. The maximum absolute atomic E-state index is 8.99. The van der Waals surface area contributed by atoms with Crippen LogP contribution < -0.4 is 5.73 Å². The van der Waals surface area contributed by atoms with E-state index in [0.29, 0.717) is 0 Å². The van der Waals surface area contributed by atoms with Crippen LogP contribution >= 0.6 is 0 Å². The van der Waals surface area contributed by atoms with Gasteiger partial charge in [-0.05, 0) is 19.4 Å². The van der Waals surface area contributed by atoms with Crippen LogP contribution in [0.15, 0.2) is 0 Å². The molecule has 0 aliphatic carbocycles. The highest BCUT2D eigenvalue weighted by atomic mass is 16.3. The van der Waals surface area contributed by atoms with Gasteiger partial charge in [-0.15, -0.1) is 0 Å². The van der Waals surface area contributed by atoms with E-state index in [0.717, 1.165) is 19.4 Å². The lowest BCUT2D eigenvalue weighted by Crippen LogP contribution is -2.10. The van der Waals surface area contributed by atoms with Crippen molar-refractivity contribution < 1.29 is 10.2 Å². The Balaban J connectivity index is 3.02. The number of nitrogens with two attached hydrogens (primary N) is 1. The Bertz CT molecular complexity index is 208. The van der Waals surface area contributed by atoms with Gasteiger partial charge >= 0.3 is 0 Å². The monoisotopic (exact) mass is 329 g/mol. The SMILES string of the molecule is NCCCCCCCCCCCCCCCCCC(CO)CO. The van der Waals surface area contributed by atoms with Crippen LogP contribution in [-0.2, 0) is 0 Å². The molecule has 0 heterocycles. The third-order valence-electron chi connectivity index (χ3n) is 4.83. The second kappa shape index (κ2) is 19.9. The molecule has 0 bridgehead atoms. The number of unbranched alkanes of at least 4 members (excludes halogenated alkanes) is 14. The molecule has 0 saturated carbocycles. The standard InChI is InChI=1S/C20H43NO2/c21-17-15-13-11-9-7-5-3-1-2-4-6-8-10-12-14-16-20(18-22)19-23/h20,22-23H,1-19,21H2. The van der Waals surface area contributed by atoms with Crippen LogP contribution in [0.25, 0.3) is 0 Å². The first kappa shape index (κ1) is 22.9. The van der Waals surface area contributed by atoms with E-state index in [-0.39, 0.29) is 19.1 Å². The second-order valence-electron chi connectivity index (χ2n) is 7.11. The van der Waals surface area contributed by atoms with Crippen LogP contribution in [0.5, 0.6) is 0 Å². The first-order valence-electron chi connectivity index (χ1n) is 10.3. The lowest BCUT2D eigenvalue weighted by atomic mass is 10.0. The molecule has 0 atom stereocenters. The number of aliphatic hydroxyl groups excluding tert-OH is 2. The fourth-order valence-corrected chi connectivity index (χ4v) is 3.12. The highest BCUT2D eigenvalue weighted by molar-refractivity contribution is 4.56. The van der Waals surface area contributed by atoms with Crippen LogP contribution in [0.1, 0.15) is 103 Å². The number of rotatable bonds is 19. The van der Waals surface area contributed by atoms with Crippen LogP contribution in [0.2, 0.25) is 0 Å². The van der Waals surface area contributed by atoms with Crippen molar-refractivity contribution in [3.63, 3.8) is 0 Å². The Kier molecular flexibility index (Phi) is 19.8. The maximum atomic E-state index is 8.99. The minimum absolute atomic E-state index is 0.107. The van der Waals surface area contributed by atoms with Crippen molar-refractivity contribution in [2.45, 2.75) is 103 Å². The first-order valence-corrected chi connectivity index (χ1v) is 10.3. The van der Waals surface area contributed by atoms with E-state index < -0.39 is 0 Å². The normalized spacial score (nSPS) is 11.5. The van der Waals surface area contributed by atoms with Crippen molar-refractivity contribution in [1.29, 1.82) is 0 Å². The Hall–Kier alpha value is -0.120. The molecule has 0 aliphatic heterocycles. The summed E-state index contributed by atoms with van der Waals surface area (Å²) in [5, 5.41) is 18.0. The average molecular weight is 330 g/mol. The summed E-state index contributed by atoms with van der Waals surface area (Å²) < 4.78 is 0. The van der Waals surface area contributed by atoms with Crippen LogP contribution in [0.4, 0.5) is 0 Å². The summed E-state index contributed by atoms with van der Waals surface area (Å²) in [6, 6.07) is 0. The minimum Gasteiger partial charge on any atom is -0.396 e. The molecule has 0 aromatic carbocycles. The van der Waals surface area contributed by atoms with Gasteiger partial charge in [0.15, 0.2) is 0 Å². The Morgan fingerprint density at radius 2 is 0.783 bits per heavy atom. The highest BCUT2D eigenvalue weighted by Gasteiger charge is 2.04. The molecule has 0 unspecified atom stereocenters. The van der Waals surface area contributed by atoms with Gasteiger partial charge in [-0.1, -0.05) is 89.9 Å². The van der Waals surface area contributed by atoms with Gasteiger partial charge in [0.1, 0.15) is 0 Å². The molecule has 0 aliphatic rings. The van der Waals surface area contributed by atoms with Gasteiger partial charge in [-0.3, -0.25) is 0 Å². The number of aliphatic hydroxyl groups is 2. The Labute approximate surface area is 145 Å². The van der Waals surface area contributed by atoms with E-state index in [9.17, 15) is 0 Å². The van der Waals surface area contributed by atoms with Gasteiger partial charge in [0.05, 0.1) is 0 Å². The van der Waals surface area contributed by atoms with E-state index >= 15 is 0 Å². The topological polar surface area (TPSA) is 66.5 Å². The molecule has 140 valence electrons. The molecule has 3 nitrogen and oxygen atoms in total. The summed E-state index contributed by atoms with van der Waals surface area (Å²) in [7, 11) is 0. The largest absolute Gasteiger partial charge is 0.396 e. The van der Waals surface area contributed by atoms with Crippen molar-refractivity contribution in [2.75, 3.05) is 19.8 Å². The van der Waals surface area contributed by atoms with Gasteiger partial charge < -0.3 is 15.9 Å². The highest BCUT2D eigenvalue weighted by Crippen LogP contribution is 2.14. The van der Waals surface area contributed by atoms with Crippen molar-refractivity contribution in [3.05, 3.63) is 0 Å². The summed E-state index contributed by atoms with van der Waals surface area (Å²) in [6.07, 6.45) is 21.2. The molecule has 0 radical (unpaired) electrons. The summed E-state index contributed by atoms with van der Waals surface area (Å²) >= 11 is 0. The fourth-order valence-electron chi connectivity index (χ4n) is 3.12. The van der Waals surface area contributed by atoms with Gasteiger partial charge in [0, 0.05) is 19.1 Å². The summed E-state index contributed by atoms with van der Waals surface area (Å²) in [4.78, 5) is 0. The van der Waals surface area contributed by atoms with E-state index in [1.165, 1.54) is 89.9 Å². The molecule has 0 rings (SSSR count). The van der Waals surface area contributed by atoms with E-state index in [1.54, 1.807) is 0 Å². The predicted octanol–water partition coefficient (Wildman–Crippen LogP) is 4.79. The fraction of sp³-hybridized carbons (Fsp3) is 1.00. The van der Waals surface area contributed by atoms with Crippen molar-refractivity contribution in [3.8, 4) is 0 Å². The summed E-state index contributed by atoms with van der Waals surface area (Å²) in [5.41, 5.74) is 5.49. The first-order chi connectivity index (χ1) is 11.3.